The van der Waals surface area contributed by atoms with Crippen LogP contribution in [0.2, 0.25) is 0 Å². The third kappa shape index (κ3) is 6.10. The highest BCUT2D eigenvalue weighted by Gasteiger charge is 2.21. The topological polar surface area (TPSA) is 138 Å². The van der Waals surface area contributed by atoms with E-state index in [0.29, 0.717) is 0 Å². The van der Waals surface area contributed by atoms with Gasteiger partial charge in [-0.25, -0.2) is 18.0 Å². The molecular formula is C8H12N4O5S2. The molecule has 9 nitrogen and oxygen atoms in total. The lowest BCUT2D eigenvalue weighted by atomic mass is 10.2. The minimum absolute atomic E-state index is 0.211. The Labute approximate surface area is 113 Å². The number of carboxylic acid groups (broad SMARTS) is 1. The second-order valence-corrected chi connectivity index (χ2v) is 6.74. The lowest BCUT2D eigenvalue weighted by molar-refractivity contribution is -0.139. The Bertz CT molecular complexity index is 541. The number of amides is 2. The average molecular weight is 308 g/mol. The summed E-state index contributed by atoms with van der Waals surface area (Å²) in [5.41, 5.74) is 1.40. The summed E-state index contributed by atoms with van der Waals surface area (Å²) < 4.78 is 21.9. The maximum absolute atomic E-state index is 11.5. The Morgan fingerprint density at radius 1 is 1.53 bits per heavy atom. The van der Waals surface area contributed by atoms with Crippen LogP contribution in [0.15, 0.2) is 5.51 Å². The summed E-state index contributed by atoms with van der Waals surface area (Å²) in [7, 11) is -3.29. The molecule has 0 saturated heterocycles. The van der Waals surface area contributed by atoms with Crippen LogP contribution in [0.5, 0.6) is 0 Å². The Morgan fingerprint density at radius 2 is 2.21 bits per heavy atom. The van der Waals surface area contributed by atoms with E-state index in [2.05, 4.69) is 20.8 Å². The van der Waals surface area contributed by atoms with Gasteiger partial charge in [-0.3, -0.25) is 5.32 Å². The minimum atomic E-state index is -3.29. The Kier molecular flexibility index (Phi) is 5.18. The van der Waals surface area contributed by atoms with Crippen molar-refractivity contribution in [1.29, 1.82) is 0 Å². The first-order valence-corrected chi connectivity index (χ1v) is 7.96. The highest BCUT2D eigenvalue weighted by Crippen LogP contribution is 2.07. The number of aliphatic carboxylic acids is 1. The number of nitrogens with zero attached hydrogens (tertiary/aromatic N) is 2. The molecule has 2 amide bonds. The predicted octanol–water partition coefficient (Wildman–Crippen LogP) is -0.453. The van der Waals surface area contributed by atoms with Gasteiger partial charge in [0, 0.05) is 6.26 Å². The summed E-state index contributed by atoms with van der Waals surface area (Å²) in [5.74, 6) is -1.64. The molecule has 0 aliphatic carbocycles. The molecule has 1 rings (SSSR count). The standard InChI is InChI=1S/C8H12N4O5S2/c1-19(16,17)3-2-5(6(13)14)10-7(15)11-8-12-9-4-18-8/h4-5H,2-3H2,1H3,(H,13,14)(H2,10,11,12,15). The van der Waals surface area contributed by atoms with Gasteiger partial charge < -0.3 is 10.4 Å². The van der Waals surface area contributed by atoms with Crippen LogP contribution in [0.3, 0.4) is 0 Å². The number of carboxylic acids is 1. The smallest absolute Gasteiger partial charge is 0.326 e. The second-order valence-electron chi connectivity index (χ2n) is 3.65. The van der Waals surface area contributed by atoms with Gasteiger partial charge in [-0.15, -0.1) is 10.2 Å². The average Bonchev–Trinajstić information content (AvgIpc) is 2.75. The third-order valence-electron chi connectivity index (χ3n) is 1.96. The van der Waals surface area contributed by atoms with Crippen LogP contribution in [-0.2, 0) is 14.6 Å². The highest BCUT2D eigenvalue weighted by atomic mass is 32.2. The van der Waals surface area contributed by atoms with Gasteiger partial charge in [0.1, 0.15) is 21.4 Å². The molecule has 0 spiro atoms. The summed E-state index contributed by atoms with van der Waals surface area (Å²) in [5, 5.41) is 20.6. The number of nitrogens with one attached hydrogen (secondary N) is 2. The molecule has 0 aromatic carbocycles. The van der Waals surface area contributed by atoms with Gasteiger partial charge in [0.15, 0.2) is 0 Å². The monoisotopic (exact) mass is 308 g/mol. The van der Waals surface area contributed by atoms with Crippen LogP contribution < -0.4 is 10.6 Å². The van der Waals surface area contributed by atoms with Crippen LogP contribution in [0.1, 0.15) is 6.42 Å². The maximum Gasteiger partial charge on any atom is 0.326 e. The summed E-state index contributed by atoms with van der Waals surface area (Å²) in [6.07, 6.45) is 0.783. The van der Waals surface area contributed by atoms with Crippen molar-refractivity contribution in [2.45, 2.75) is 12.5 Å². The van der Waals surface area contributed by atoms with E-state index in [1.54, 1.807) is 0 Å². The van der Waals surface area contributed by atoms with E-state index in [0.717, 1.165) is 17.6 Å². The maximum atomic E-state index is 11.5. The molecule has 11 heteroatoms. The largest absolute Gasteiger partial charge is 0.480 e. The molecule has 0 saturated carbocycles. The molecule has 0 aliphatic heterocycles. The predicted molar refractivity (Wildman–Crippen MR) is 67.8 cm³/mol. The lowest BCUT2D eigenvalue weighted by Crippen LogP contribution is -2.43. The molecular weight excluding hydrogens is 296 g/mol. The van der Waals surface area contributed by atoms with Crippen LogP contribution in [0, 0.1) is 0 Å². The van der Waals surface area contributed by atoms with E-state index in [9.17, 15) is 18.0 Å². The fourth-order valence-electron chi connectivity index (χ4n) is 1.11. The molecule has 1 unspecified atom stereocenters. The van der Waals surface area contributed by atoms with Crippen LogP contribution in [0.25, 0.3) is 0 Å². The van der Waals surface area contributed by atoms with Gasteiger partial charge in [-0.05, 0) is 6.42 Å². The molecule has 1 aromatic rings. The lowest BCUT2D eigenvalue weighted by Gasteiger charge is -2.13. The Balaban J connectivity index is 2.53. The minimum Gasteiger partial charge on any atom is -0.480 e. The van der Waals surface area contributed by atoms with E-state index in [4.69, 9.17) is 5.11 Å². The molecule has 0 bridgehead atoms. The van der Waals surface area contributed by atoms with Crippen molar-refractivity contribution in [3.05, 3.63) is 5.51 Å². The zero-order valence-corrected chi connectivity index (χ0v) is 11.5. The first kappa shape index (κ1) is 15.3. The quantitative estimate of drug-likeness (QED) is 0.646. The van der Waals surface area contributed by atoms with Crippen molar-refractivity contribution in [3.8, 4) is 0 Å². The molecule has 0 fully saturated rings. The number of anilines is 1. The number of rotatable bonds is 6. The van der Waals surface area contributed by atoms with E-state index >= 15 is 0 Å². The second kappa shape index (κ2) is 6.43. The zero-order chi connectivity index (χ0) is 14.5. The highest BCUT2D eigenvalue weighted by molar-refractivity contribution is 7.90. The molecule has 106 valence electrons. The van der Waals surface area contributed by atoms with Crippen LogP contribution in [0.4, 0.5) is 9.93 Å². The Hall–Kier alpha value is -1.75. The van der Waals surface area contributed by atoms with Crippen molar-refractivity contribution in [2.75, 3.05) is 17.3 Å². The van der Waals surface area contributed by atoms with Gasteiger partial charge in [0.05, 0.1) is 5.75 Å². The van der Waals surface area contributed by atoms with Crippen molar-refractivity contribution >= 4 is 38.3 Å². The fraction of sp³-hybridized carbons (Fsp3) is 0.500. The summed E-state index contributed by atoms with van der Waals surface area (Å²) >= 11 is 1.07. The SMILES string of the molecule is CS(=O)(=O)CCC(NC(=O)Nc1nncs1)C(=O)O. The molecule has 0 radical (unpaired) electrons. The van der Waals surface area contributed by atoms with Gasteiger partial charge in [-0.2, -0.15) is 0 Å². The Morgan fingerprint density at radius 3 is 2.68 bits per heavy atom. The normalized spacial score (nSPS) is 12.7. The van der Waals surface area contributed by atoms with Crippen LogP contribution >= 0.6 is 11.3 Å². The van der Waals surface area contributed by atoms with Gasteiger partial charge in [0.2, 0.25) is 5.13 Å². The van der Waals surface area contributed by atoms with E-state index in [1.165, 1.54) is 5.51 Å². The third-order valence-corrected chi connectivity index (χ3v) is 3.55. The van der Waals surface area contributed by atoms with Crippen LogP contribution in [-0.4, -0.2) is 53.8 Å². The van der Waals surface area contributed by atoms with E-state index in [-0.39, 0.29) is 17.3 Å². The molecule has 19 heavy (non-hydrogen) atoms. The molecule has 3 N–H and O–H groups in total. The number of hydrogen-bond donors (Lipinski definition) is 3. The van der Waals surface area contributed by atoms with Gasteiger partial charge in [0.25, 0.3) is 0 Å². The summed E-state index contributed by atoms with van der Waals surface area (Å²) in [4.78, 5) is 22.3. The molecule has 1 atom stereocenters. The zero-order valence-electron chi connectivity index (χ0n) is 9.86. The van der Waals surface area contributed by atoms with Crippen molar-refractivity contribution < 1.29 is 23.1 Å². The van der Waals surface area contributed by atoms with E-state index in [1.807, 2.05) is 0 Å². The first-order valence-electron chi connectivity index (χ1n) is 5.02. The van der Waals surface area contributed by atoms with Crippen molar-refractivity contribution in [2.24, 2.45) is 0 Å². The number of carbonyl (C=O) groups excluding carboxylic acids is 1. The number of hydrogen-bond acceptors (Lipinski definition) is 7. The first-order chi connectivity index (χ1) is 8.78. The number of aromatic nitrogens is 2. The number of carbonyl (C=O) groups is 2. The van der Waals surface area contributed by atoms with Crippen molar-refractivity contribution in [1.82, 2.24) is 15.5 Å². The summed E-state index contributed by atoms with van der Waals surface area (Å²) in [6.45, 7) is 0. The summed E-state index contributed by atoms with van der Waals surface area (Å²) in [6, 6.07) is -2.07. The number of sulfone groups is 1. The molecule has 1 aromatic heterocycles. The number of urea groups is 1. The molecule has 1 heterocycles. The molecule has 0 aliphatic rings. The fourth-order valence-corrected chi connectivity index (χ4v) is 2.21. The van der Waals surface area contributed by atoms with Crippen molar-refractivity contribution in [3.63, 3.8) is 0 Å². The van der Waals surface area contributed by atoms with Gasteiger partial charge in [-0.1, -0.05) is 11.3 Å². The van der Waals surface area contributed by atoms with E-state index < -0.39 is 27.9 Å². The van der Waals surface area contributed by atoms with Gasteiger partial charge >= 0.3 is 12.0 Å².